The molecule has 122 valence electrons. The third-order valence-electron chi connectivity index (χ3n) is 4.07. The topological polar surface area (TPSA) is 66.6 Å². The number of β-amino-alcohol motifs (C(OH)–C–C–N with tert-alkyl or cyclic N) is 1. The molecule has 1 amide bonds. The molecule has 0 aliphatic carbocycles. The van der Waals surface area contributed by atoms with Gasteiger partial charge in [-0.3, -0.25) is 4.79 Å². The van der Waals surface area contributed by atoms with Gasteiger partial charge in [0.1, 0.15) is 5.60 Å². The summed E-state index contributed by atoms with van der Waals surface area (Å²) < 4.78 is 5.56. The molecule has 1 saturated heterocycles. The predicted octanol–water partition coefficient (Wildman–Crippen LogP) is 2.93. The molecule has 0 radical (unpaired) electrons. The van der Waals surface area contributed by atoms with Gasteiger partial charge < -0.3 is 14.4 Å². The van der Waals surface area contributed by atoms with Gasteiger partial charge in [0.05, 0.1) is 18.8 Å². The minimum atomic E-state index is -1.03. The van der Waals surface area contributed by atoms with E-state index in [1.165, 1.54) is 0 Å². The maximum atomic E-state index is 12.5. The molecule has 1 aliphatic rings. The molecule has 0 saturated carbocycles. The summed E-state index contributed by atoms with van der Waals surface area (Å²) >= 11 is 5.86. The lowest BCUT2D eigenvalue weighted by Crippen LogP contribution is -2.61. The van der Waals surface area contributed by atoms with E-state index in [0.29, 0.717) is 23.0 Å². The zero-order valence-corrected chi connectivity index (χ0v) is 13.9. The molecule has 23 heavy (non-hydrogen) atoms. The van der Waals surface area contributed by atoms with Crippen molar-refractivity contribution < 1.29 is 14.3 Å². The zero-order valence-electron chi connectivity index (χ0n) is 13.2. The van der Waals surface area contributed by atoms with Crippen LogP contribution in [0, 0.1) is 6.92 Å². The Bertz CT molecular complexity index is 718. The van der Waals surface area contributed by atoms with Crippen molar-refractivity contribution in [2.75, 3.05) is 13.1 Å². The summed E-state index contributed by atoms with van der Waals surface area (Å²) in [5.41, 5.74) is 0.327. The number of carbonyl (C=O) groups excluding carboxylic acids is 1. The molecule has 1 fully saturated rings. The second-order valence-electron chi connectivity index (χ2n) is 5.97. The smallest absolute Gasteiger partial charge is 0.291 e. The summed E-state index contributed by atoms with van der Waals surface area (Å²) in [5.74, 6) is 0.629. The number of nitrogens with zero attached hydrogens (tertiary/aromatic N) is 2. The maximum absolute atomic E-state index is 12.5. The molecule has 1 aliphatic heterocycles. The standard InChI is InChI=1S/C17H19ClN2O3/c1-3-4-14-19-11(2)15(23-14)16(21)20-9-17(22,10-20)12-5-7-13(18)8-6-12/h5-8,22H,3-4,9-10H2,1-2H3. The van der Waals surface area contributed by atoms with Crippen LogP contribution in [-0.2, 0) is 12.0 Å². The number of carbonyl (C=O) groups is 1. The Kier molecular flexibility index (Phi) is 4.17. The van der Waals surface area contributed by atoms with E-state index in [4.69, 9.17) is 16.0 Å². The number of aromatic nitrogens is 1. The minimum absolute atomic E-state index is 0.226. The van der Waals surface area contributed by atoms with Gasteiger partial charge in [-0.15, -0.1) is 0 Å². The van der Waals surface area contributed by atoms with E-state index >= 15 is 0 Å². The van der Waals surface area contributed by atoms with Gasteiger partial charge in [0.25, 0.3) is 5.91 Å². The molecule has 0 atom stereocenters. The molecule has 6 heteroatoms. The van der Waals surface area contributed by atoms with E-state index in [0.717, 1.165) is 12.0 Å². The third-order valence-corrected chi connectivity index (χ3v) is 4.32. The molecule has 5 nitrogen and oxygen atoms in total. The van der Waals surface area contributed by atoms with Crippen LogP contribution in [0.4, 0.5) is 0 Å². The van der Waals surface area contributed by atoms with E-state index < -0.39 is 5.60 Å². The number of oxazole rings is 1. The Labute approximate surface area is 139 Å². The van der Waals surface area contributed by atoms with Gasteiger partial charge in [0, 0.05) is 11.4 Å². The number of hydrogen-bond donors (Lipinski definition) is 1. The highest BCUT2D eigenvalue weighted by Gasteiger charge is 2.46. The first-order valence-electron chi connectivity index (χ1n) is 7.67. The summed E-state index contributed by atoms with van der Waals surface area (Å²) in [4.78, 5) is 18.3. The molecule has 3 rings (SSSR count). The van der Waals surface area contributed by atoms with Crippen molar-refractivity contribution >= 4 is 17.5 Å². The fraction of sp³-hybridized carbons (Fsp3) is 0.412. The van der Waals surface area contributed by atoms with Crippen molar-refractivity contribution in [1.82, 2.24) is 9.88 Å². The Morgan fingerprint density at radius 1 is 1.39 bits per heavy atom. The van der Waals surface area contributed by atoms with Crippen molar-refractivity contribution in [3.8, 4) is 0 Å². The third kappa shape index (κ3) is 2.99. The van der Waals surface area contributed by atoms with Gasteiger partial charge >= 0.3 is 0 Å². The largest absolute Gasteiger partial charge is 0.435 e. The van der Waals surface area contributed by atoms with Crippen molar-refractivity contribution in [3.05, 3.63) is 52.2 Å². The van der Waals surface area contributed by atoms with Crippen LogP contribution < -0.4 is 0 Å². The van der Waals surface area contributed by atoms with E-state index in [2.05, 4.69) is 4.98 Å². The van der Waals surface area contributed by atoms with Crippen LogP contribution in [0.1, 0.15) is 41.0 Å². The molecule has 2 heterocycles. The molecule has 0 spiro atoms. The van der Waals surface area contributed by atoms with Gasteiger partial charge in [0.15, 0.2) is 5.89 Å². The van der Waals surface area contributed by atoms with Gasteiger partial charge in [-0.25, -0.2) is 4.98 Å². The van der Waals surface area contributed by atoms with Crippen molar-refractivity contribution in [2.24, 2.45) is 0 Å². The Morgan fingerprint density at radius 3 is 2.65 bits per heavy atom. The average molecular weight is 335 g/mol. The van der Waals surface area contributed by atoms with E-state index in [9.17, 15) is 9.90 Å². The van der Waals surface area contributed by atoms with Gasteiger partial charge in [-0.1, -0.05) is 30.7 Å². The predicted molar refractivity (Wildman–Crippen MR) is 86.5 cm³/mol. The van der Waals surface area contributed by atoms with E-state index in [1.54, 1.807) is 36.1 Å². The fourth-order valence-electron chi connectivity index (χ4n) is 2.79. The number of rotatable bonds is 4. The van der Waals surface area contributed by atoms with E-state index in [1.807, 2.05) is 6.92 Å². The maximum Gasteiger partial charge on any atom is 0.291 e. The van der Waals surface area contributed by atoms with Crippen molar-refractivity contribution in [2.45, 2.75) is 32.3 Å². The number of aryl methyl sites for hydroxylation is 2. The molecular weight excluding hydrogens is 316 g/mol. The molecule has 0 unspecified atom stereocenters. The Balaban J connectivity index is 1.71. The van der Waals surface area contributed by atoms with E-state index in [-0.39, 0.29) is 24.8 Å². The van der Waals surface area contributed by atoms with Crippen LogP contribution in [0.3, 0.4) is 0 Å². The molecule has 1 aromatic heterocycles. The second kappa shape index (κ2) is 5.98. The summed E-state index contributed by atoms with van der Waals surface area (Å²) in [6.45, 7) is 4.26. The number of hydrogen-bond acceptors (Lipinski definition) is 4. The zero-order chi connectivity index (χ0) is 16.6. The summed E-state index contributed by atoms with van der Waals surface area (Å²) in [6.07, 6.45) is 1.62. The number of benzene rings is 1. The lowest BCUT2D eigenvalue weighted by Gasteiger charge is -2.46. The van der Waals surface area contributed by atoms with Gasteiger partial charge in [-0.05, 0) is 31.0 Å². The number of likely N-dealkylation sites (tertiary alicyclic amines) is 1. The first-order chi connectivity index (χ1) is 10.9. The van der Waals surface area contributed by atoms with Gasteiger partial charge in [-0.2, -0.15) is 0 Å². The highest BCUT2D eigenvalue weighted by molar-refractivity contribution is 6.30. The van der Waals surface area contributed by atoms with Gasteiger partial charge in [0.2, 0.25) is 5.76 Å². The number of aliphatic hydroxyl groups is 1. The van der Waals surface area contributed by atoms with Crippen LogP contribution in [0.5, 0.6) is 0 Å². The second-order valence-corrected chi connectivity index (χ2v) is 6.41. The normalized spacial score (nSPS) is 16.3. The summed E-state index contributed by atoms with van der Waals surface area (Å²) in [6, 6.07) is 7.03. The molecule has 2 aromatic rings. The van der Waals surface area contributed by atoms with Crippen LogP contribution in [-0.4, -0.2) is 34.0 Å². The SMILES string of the molecule is CCCc1nc(C)c(C(=O)N2CC(O)(c3ccc(Cl)cc3)C2)o1. The lowest BCUT2D eigenvalue weighted by molar-refractivity contribution is -0.0872. The molecule has 0 bridgehead atoms. The quantitative estimate of drug-likeness (QED) is 0.933. The first-order valence-corrected chi connectivity index (χ1v) is 8.05. The Hall–Kier alpha value is -1.85. The van der Waals surface area contributed by atoms with Crippen LogP contribution in [0.15, 0.2) is 28.7 Å². The molecule has 1 N–H and O–H groups in total. The first kappa shape index (κ1) is 16.0. The van der Waals surface area contributed by atoms with Crippen molar-refractivity contribution in [3.63, 3.8) is 0 Å². The Morgan fingerprint density at radius 2 is 2.04 bits per heavy atom. The average Bonchev–Trinajstić information content (AvgIpc) is 2.85. The fourth-order valence-corrected chi connectivity index (χ4v) is 2.91. The van der Waals surface area contributed by atoms with Crippen LogP contribution in [0.2, 0.25) is 5.02 Å². The lowest BCUT2D eigenvalue weighted by atomic mass is 9.86. The highest BCUT2D eigenvalue weighted by Crippen LogP contribution is 2.33. The highest BCUT2D eigenvalue weighted by atomic mass is 35.5. The number of amides is 1. The monoisotopic (exact) mass is 334 g/mol. The summed E-state index contributed by atoms with van der Waals surface area (Å²) in [5, 5.41) is 11.2. The molecular formula is C17H19ClN2O3. The summed E-state index contributed by atoms with van der Waals surface area (Å²) in [7, 11) is 0. The minimum Gasteiger partial charge on any atom is -0.435 e. The number of halogens is 1. The van der Waals surface area contributed by atoms with Crippen molar-refractivity contribution in [1.29, 1.82) is 0 Å². The van der Waals surface area contributed by atoms with Crippen LogP contribution in [0.25, 0.3) is 0 Å². The van der Waals surface area contributed by atoms with Crippen LogP contribution >= 0.6 is 11.6 Å². The molecule has 1 aromatic carbocycles.